The minimum Gasteiger partial charge on any atom is -0.334 e. The van der Waals surface area contributed by atoms with Crippen LogP contribution in [0.15, 0.2) is 72.1 Å². The molecule has 4 heteroatoms. The van der Waals surface area contributed by atoms with E-state index in [1.54, 1.807) is 52.6 Å². The summed E-state index contributed by atoms with van der Waals surface area (Å²) in [6, 6.07) is 20.1. The molecule has 3 aromatic rings. The number of carbonyl (C=O) groups is 2. The van der Waals surface area contributed by atoms with Gasteiger partial charge in [0.1, 0.15) is 0 Å². The highest BCUT2D eigenvalue weighted by Crippen LogP contribution is 2.16. The lowest BCUT2D eigenvalue weighted by atomic mass is 10.0. The molecule has 3 nitrogen and oxygen atoms in total. The minimum absolute atomic E-state index is 0.0189. The Balaban J connectivity index is 1.74. The summed E-state index contributed by atoms with van der Waals surface area (Å²) in [4.78, 5) is 28.1. The van der Waals surface area contributed by atoms with Crippen molar-refractivity contribution in [2.45, 2.75) is 13.5 Å². The second kappa shape index (κ2) is 7.90. The molecule has 25 heavy (non-hydrogen) atoms. The molecule has 0 fully saturated rings. The second-order valence-electron chi connectivity index (χ2n) is 5.67. The molecular formula is C21H19NO2S. The quantitative estimate of drug-likeness (QED) is 0.608. The molecule has 1 amide bonds. The van der Waals surface area contributed by atoms with Crippen molar-refractivity contribution in [3.05, 3.63) is 93.7 Å². The summed E-state index contributed by atoms with van der Waals surface area (Å²) in [7, 11) is 0. The van der Waals surface area contributed by atoms with Gasteiger partial charge in [-0.05, 0) is 30.5 Å². The number of hydrogen-bond donors (Lipinski definition) is 0. The summed E-state index contributed by atoms with van der Waals surface area (Å²) in [5, 5.41) is 2.01. The van der Waals surface area contributed by atoms with E-state index >= 15 is 0 Å². The summed E-state index contributed by atoms with van der Waals surface area (Å²) in [6.07, 6.45) is 0. The molecular weight excluding hydrogens is 330 g/mol. The lowest BCUT2D eigenvalue weighted by Gasteiger charge is -2.20. The van der Waals surface area contributed by atoms with Crippen molar-refractivity contribution >= 4 is 23.0 Å². The molecule has 0 unspecified atom stereocenters. The van der Waals surface area contributed by atoms with E-state index in [1.807, 2.05) is 42.6 Å². The van der Waals surface area contributed by atoms with Crippen LogP contribution in [-0.4, -0.2) is 23.1 Å². The largest absolute Gasteiger partial charge is 0.334 e. The molecule has 0 atom stereocenters. The Kier molecular flexibility index (Phi) is 5.41. The van der Waals surface area contributed by atoms with Crippen LogP contribution in [0, 0.1) is 0 Å². The average molecular weight is 349 g/mol. The molecule has 0 radical (unpaired) electrons. The zero-order valence-corrected chi connectivity index (χ0v) is 14.8. The molecule has 0 spiro atoms. The first-order valence-corrected chi connectivity index (χ1v) is 9.08. The number of amides is 1. The van der Waals surface area contributed by atoms with Crippen LogP contribution in [0.2, 0.25) is 0 Å². The second-order valence-corrected chi connectivity index (χ2v) is 6.70. The fraction of sp³-hybridized carbons (Fsp3) is 0.143. The van der Waals surface area contributed by atoms with Gasteiger partial charge in [0.15, 0.2) is 5.78 Å². The van der Waals surface area contributed by atoms with Crippen molar-refractivity contribution in [1.82, 2.24) is 4.90 Å². The van der Waals surface area contributed by atoms with Gasteiger partial charge in [0.25, 0.3) is 5.91 Å². The Hall–Kier alpha value is -2.72. The molecule has 0 aliphatic carbocycles. The average Bonchev–Trinajstić information content (AvgIpc) is 3.19. The summed E-state index contributed by atoms with van der Waals surface area (Å²) < 4.78 is 0. The lowest BCUT2D eigenvalue weighted by molar-refractivity contribution is 0.0753. The first kappa shape index (κ1) is 17.1. The van der Waals surface area contributed by atoms with Crippen molar-refractivity contribution in [2.24, 2.45) is 0 Å². The molecule has 0 aliphatic heterocycles. The van der Waals surface area contributed by atoms with Crippen LogP contribution in [0.3, 0.4) is 0 Å². The number of ketones is 1. The number of benzene rings is 2. The molecule has 0 aliphatic rings. The molecule has 0 saturated heterocycles. The predicted octanol–water partition coefficient (Wildman–Crippen LogP) is 4.64. The van der Waals surface area contributed by atoms with Gasteiger partial charge in [-0.15, -0.1) is 11.3 Å². The van der Waals surface area contributed by atoms with E-state index in [4.69, 9.17) is 0 Å². The van der Waals surface area contributed by atoms with Gasteiger partial charge in [-0.3, -0.25) is 9.59 Å². The number of hydrogen-bond acceptors (Lipinski definition) is 3. The lowest BCUT2D eigenvalue weighted by Crippen LogP contribution is -2.30. The fourth-order valence-corrected chi connectivity index (χ4v) is 3.34. The maximum absolute atomic E-state index is 12.7. The van der Waals surface area contributed by atoms with Crippen molar-refractivity contribution < 1.29 is 9.59 Å². The van der Waals surface area contributed by atoms with Gasteiger partial charge in [-0.2, -0.15) is 0 Å². The van der Waals surface area contributed by atoms with Crippen LogP contribution < -0.4 is 0 Å². The SMILES string of the molecule is CCN(Cc1cccs1)C(=O)c1ccc(C(=O)c2ccccc2)cc1. The third-order valence-corrected chi connectivity index (χ3v) is 4.89. The maximum Gasteiger partial charge on any atom is 0.254 e. The Labute approximate surface area is 151 Å². The van der Waals surface area contributed by atoms with Gasteiger partial charge in [0.2, 0.25) is 0 Å². The zero-order chi connectivity index (χ0) is 17.6. The van der Waals surface area contributed by atoms with E-state index in [0.717, 1.165) is 4.88 Å². The summed E-state index contributed by atoms with van der Waals surface area (Å²) in [5.74, 6) is -0.0554. The highest BCUT2D eigenvalue weighted by atomic mass is 32.1. The van der Waals surface area contributed by atoms with Crippen molar-refractivity contribution in [1.29, 1.82) is 0 Å². The van der Waals surface area contributed by atoms with Crippen LogP contribution in [0.1, 0.15) is 38.1 Å². The smallest absolute Gasteiger partial charge is 0.254 e. The van der Waals surface area contributed by atoms with Crippen LogP contribution >= 0.6 is 11.3 Å². The van der Waals surface area contributed by atoms with Crippen LogP contribution in [-0.2, 0) is 6.54 Å². The van der Waals surface area contributed by atoms with Crippen molar-refractivity contribution in [2.75, 3.05) is 6.54 Å². The molecule has 1 heterocycles. The Morgan fingerprint density at radius 3 is 2.08 bits per heavy atom. The summed E-state index contributed by atoms with van der Waals surface area (Å²) >= 11 is 1.64. The standard InChI is InChI=1S/C21H19NO2S/c1-2-22(15-19-9-6-14-25-19)21(24)18-12-10-17(11-13-18)20(23)16-7-4-3-5-8-16/h3-14H,2,15H2,1H3. The number of nitrogens with zero attached hydrogens (tertiary/aromatic N) is 1. The van der Waals surface area contributed by atoms with Gasteiger partial charge >= 0.3 is 0 Å². The molecule has 3 rings (SSSR count). The molecule has 0 saturated carbocycles. The van der Waals surface area contributed by atoms with E-state index in [-0.39, 0.29) is 11.7 Å². The first-order chi connectivity index (χ1) is 12.2. The molecule has 2 aromatic carbocycles. The van der Waals surface area contributed by atoms with Crippen LogP contribution in [0.5, 0.6) is 0 Å². The topological polar surface area (TPSA) is 37.4 Å². The van der Waals surface area contributed by atoms with Crippen molar-refractivity contribution in [3.8, 4) is 0 Å². The van der Waals surface area contributed by atoms with Gasteiger partial charge in [-0.1, -0.05) is 48.5 Å². The molecule has 0 N–H and O–H groups in total. The molecule has 0 bridgehead atoms. The highest BCUT2D eigenvalue weighted by molar-refractivity contribution is 7.09. The normalized spacial score (nSPS) is 10.4. The third kappa shape index (κ3) is 4.03. The fourth-order valence-electron chi connectivity index (χ4n) is 2.62. The van der Waals surface area contributed by atoms with E-state index in [1.165, 1.54) is 0 Å². The Bertz CT molecular complexity index is 839. The summed E-state index contributed by atoms with van der Waals surface area (Å²) in [5.41, 5.74) is 1.83. The van der Waals surface area contributed by atoms with Gasteiger partial charge in [-0.25, -0.2) is 0 Å². The van der Waals surface area contributed by atoms with Gasteiger partial charge in [0, 0.05) is 28.1 Å². The third-order valence-electron chi connectivity index (χ3n) is 4.03. The number of carbonyl (C=O) groups excluding carboxylic acids is 2. The number of rotatable bonds is 6. The van der Waals surface area contributed by atoms with Gasteiger partial charge < -0.3 is 4.90 Å². The summed E-state index contributed by atoms with van der Waals surface area (Å²) in [6.45, 7) is 3.22. The number of thiophene rings is 1. The van der Waals surface area contributed by atoms with Crippen molar-refractivity contribution in [3.63, 3.8) is 0 Å². The van der Waals surface area contributed by atoms with Crippen LogP contribution in [0.25, 0.3) is 0 Å². The molecule has 126 valence electrons. The predicted molar refractivity (Wildman–Crippen MR) is 101 cm³/mol. The van der Waals surface area contributed by atoms with Crippen LogP contribution in [0.4, 0.5) is 0 Å². The minimum atomic E-state index is -0.0365. The van der Waals surface area contributed by atoms with E-state index in [0.29, 0.717) is 29.8 Å². The molecule has 1 aromatic heterocycles. The highest BCUT2D eigenvalue weighted by Gasteiger charge is 2.16. The van der Waals surface area contributed by atoms with E-state index < -0.39 is 0 Å². The Morgan fingerprint density at radius 1 is 0.840 bits per heavy atom. The monoisotopic (exact) mass is 349 g/mol. The first-order valence-electron chi connectivity index (χ1n) is 8.20. The van der Waals surface area contributed by atoms with Gasteiger partial charge in [0.05, 0.1) is 6.54 Å². The Morgan fingerprint density at radius 2 is 1.48 bits per heavy atom. The van der Waals surface area contributed by atoms with E-state index in [2.05, 4.69) is 0 Å². The maximum atomic E-state index is 12.7. The van der Waals surface area contributed by atoms with E-state index in [9.17, 15) is 9.59 Å². The zero-order valence-electron chi connectivity index (χ0n) is 14.0.